The van der Waals surface area contributed by atoms with Crippen molar-refractivity contribution in [2.75, 3.05) is 0 Å². The van der Waals surface area contributed by atoms with Crippen molar-refractivity contribution in [3.63, 3.8) is 0 Å². The van der Waals surface area contributed by atoms with Crippen molar-refractivity contribution in [1.29, 1.82) is 0 Å². The summed E-state index contributed by atoms with van der Waals surface area (Å²) in [6, 6.07) is 19.2. The second kappa shape index (κ2) is 6.33. The number of hydrogen-bond acceptors (Lipinski definition) is 0. The molecule has 0 N–H and O–H groups in total. The molecule has 0 unspecified atom stereocenters. The minimum Gasteiger partial charge on any atom is -0.203 e. The van der Waals surface area contributed by atoms with Gasteiger partial charge in [-0.3, -0.25) is 0 Å². The molecule has 2 atom stereocenters. The first kappa shape index (κ1) is 17.2. The molecule has 0 nitrogen and oxygen atoms in total. The highest BCUT2D eigenvalue weighted by atomic mass is 19.2. The lowest BCUT2D eigenvalue weighted by atomic mass is 9.87. The van der Waals surface area contributed by atoms with Gasteiger partial charge < -0.3 is 0 Å². The molecule has 0 saturated heterocycles. The molecule has 2 aliphatic carbocycles. The Morgan fingerprint density at radius 2 is 0.964 bits per heavy atom. The number of hydrogen-bond donors (Lipinski definition) is 0. The standard InChI is InChI=1S/C24H16F4/c25-21-19-15-11-12-16(20(19)22(26)24(28)23(21)27)18(15)17(13-7-3-1-4-8-13)14-9-5-2-6-10-14/h1-10,15-16H,11-12H2/t15-,16-/m0/s1. The van der Waals surface area contributed by atoms with E-state index in [1.807, 2.05) is 60.7 Å². The number of fused-ring (bicyclic) bond motifs is 5. The lowest BCUT2D eigenvalue weighted by Crippen LogP contribution is -2.09. The number of allylic oxidation sites excluding steroid dienone is 1. The van der Waals surface area contributed by atoms with Gasteiger partial charge in [0.15, 0.2) is 23.3 Å². The largest absolute Gasteiger partial charge is 0.203 e. The average Bonchev–Trinajstić information content (AvgIpc) is 3.28. The van der Waals surface area contributed by atoms with E-state index in [0.717, 1.165) is 22.3 Å². The Kier molecular flexibility index (Phi) is 3.90. The van der Waals surface area contributed by atoms with Crippen LogP contribution in [0.5, 0.6) is 0 Å². The van der Waals surface area contributed by atoms with Crippen LogP contribution in [0, 0.1) is 23.3 Å². The van der Waals surface area contributed by atoms with E-state index in [9.17, 15) is 17.6 Å². The minimum absolute atomic E-state index is 0.00740. The summed E-state index contributed by atoms with van der Waals surface area (Å²) in [5.74, 6) is -6.83. The van der Waals surface area contributed by atoms with E-state index < -0.39 is 35.1 Å². The Bertz CT molecular complexity index is 1010. The molecule has 0 heterocycles. The predicted octanol–water partition coefficient (Wildman–Crippen LogP) is 6.72. The molecule has 1 saturated carbocycles. The van der Waals surface area contributed by atoms with E-state index in [1.54, 1.807) is 0 Å². The fourth-order valence-corrected chi connectivity index (χ4v) is 4.89. The monoisotopic (exact) mass is 380 g/mol. The topological polar surface area (TPSA) is 0 Å². The molecule has 1 fully saturated rings. The second-order valence-corrected chi connectivity index (χ2v) is 7.33. The van der Waals surface area contributed by atoms with Crippen LogP contribution in [0.1, 0.15) is 46.9 Å². The fourth-order valence-electron chi connectivity index (χ4n) is 4.89. The minimum atomic E-state index is -1.72. The van der Waals surface area contributed by atoms with Crippen molar-refractivity contribution in [3.05, 3.63) is 112 Å². The molecule has 0 spiro atoms. The van der Waals surface area contributed by atoms with Gasteiger partial charge in [-0.25, -0.2) is 17.6 Å². The van der Waals surface area contributed by atoms with Crippen molar-refractivity contribution in [3.8, 4) is 0 Å². The van der Waals surface area contributed by atoms with Crippen molar-refractivity contribution in [2.24, 2.45) is 0 Å². The molecule has 4 heteroatoms. The zero-order valence-electron chi connectivity index (χ0n) is 14.9. The fraction of sp³-hybridized carbons (Fsp3) is 0.167. The highest BCUT2D eigenvalue weighted by Gasteiger charge is 2.48. The van der Waals surface area contributed by atoms with E-state index in [-0.39, 0.29) is 11.1 Å². The molecule has 0 radical (unpaired) electrons. The molecule has 0 aromatic heterocycles. The Balaban J connectivity index is 1.83. The maximum atomic E-state index is 14.6. The Morgan fingerprint density at radius 1 is 0.571 bits per heavy atom. The molecule has 3 aromatic rings. The third kappa shape index (κ3) is 2.30. The summed E-state index contributed by atoms with van der Waals surface area (Å²) in [6.07, 6.45) is 1.19. The summed E-state index contributed by atoms with van der Waals surface area (Å²) in [4.78, 5) is 0. The molecule has 0 aliphatic heterocycles. The highest BCUT2D eigenvalue weighted by molar-refractivity contribution is 5.86. The van der Waals surface area contributed by atoms with Gasteiger partial charge in [-0.1, -0.05) is 60.7 Å². The van der Waals surface area contributed by atoms with Crippen LogP contribution < -0.4 is 0 Å². The van der Waals surface area contributed by atoms with Crippen molar-refractivity contribution >= 4 is 5.57 Å². The van der Waals surface area contributed by atoms with Crippen LogP contribution in [0.4, 0.5) is 17.6 Å². The summed E-state index contributed by atoms with van der Waals surface area (Å²) in [5, 5.41) is 0. The van der Waals surface area contributed by atoms with Crippen LogP contribution in [-0.4, -0.2) is 0 Å². The first-order chi connectivity index (χ1) is 13.6. The number of benzene rings is 3. The third-order valence-electron chi connectivity index (χ3n) is 5.95. The van der Waals surface area contributed by atoms with Gasteiger partial charge in [0.05, 0.1) is 0 Å². The van der Waals surface area contributed by atoms with Crippen LogP contribution in [0.25, 0.3) is 5.57 Å². The SMILES string of the molecule is Fc1c(F)c(F)c2c(c1F)[C@H]1CC[C@H]2C1=C(c1ccccc1)c1ccccc1. The van der Waals surface area contributed by atoms with Gasteiger partial charge in [0.2, 0.25) is 0 Å². The van der Waals surface area contributed by atoms with E-state index in [2.05, 4.69) is 0 Å². The smallest absolute Gasteiger partial charge is 0.197 e. The maximum Gasteiger partial charge on any atom is 0.197 e. The van der Waals surface area contributed by atoms with E-state index in [0.29, 0.717) is 12.8 Å². The van der Waals surface area contributed by atoms with Crippen LogP contribution >= 0.6 is 0 Å². The molecule has 28 heavy (non-hydrogen) atoms. The van der Waals surface area contributed by atoms with Gasteiger partial charge >= 0.3 is 0 Å². The van der Waals surface area contributed by atoms with Gasteiger partial charge in [-0.15, -0.1) is 0 Å². The molecule has 140 valence electrons. The molecule has 2 aliphatic rings. The zero-order chi connectivity index (χ0) is 19.4. The molecular formula is C24H16F4. The van der Waals surface area contributed by atoms with Crippen molar-refractivity contribution in [2.45, 2.75) is 24.7 Å². The Morgan fingerprint density at radius 3 is 1.36 bits per heavy atom. The van der Waals surface area contributed by atoms with Gasteiger partial charge in [-0.2, -0.15) is 0 Å². The lowest BCUT2D eigenvalue weighted by Gasteiger charge is -2.16. The summed E-state index contributed by atoms with van der Waals surface area (Å²) in [6.45, 7) is 0. The summed E-state index contributed by atoms with van der Waals surface area (Å²) >= 11 is 0. The molecular weight excluding hydrogens is 364 g/mol. The normalized spacial score (nSPS) is 19.8. The third-order valence-corrected chi connectivity index (χ3v) is 5.95. The van der Waals surface area contributed by atoms with Crippen LogP contribution in [0.15, 0.2) is 66.2 Å². The van der Waals surface area contributed by atoms with Crippen LogP contribution in [0.2, 0.25) is 0 Å². The zero-order valence-corrected chi connectivity index (χ0v) is 14.9. The van der Waals surface area contributed by atoms with Crippen molar-refractivity contribution in [1.82, 2.24) is 0 Å². The van der Waals surface area contributed by atoms with Crippen LogP contribution in [0.3, 0.4) is 0 Å². The van der Waals surface area contributed by atoms with Gasteiger partial charge in [0.25, 0.3) is 0 Å². The molecule has 3 aromatic carbocycles. The van der Waals surface area contributed by atoms with Gasteiger partial charge in [0.1, 0.15) is 0 Å². The molecule has 2 bridgehead atoms. The quantitative estimate of drug-likeness (QED) is 0.263. The summed E-state index contributed by atoms with van der Waals surface area (Å²) in [7, 11) is 0. The highest BCUT2D eigenvalue weighted by Crippen LogP contribution is 2.61. The van der Waals surface area contributed by atoms with Gasteiger partial charge in [0, 0.05) is 23.0 Å². The van der Waals surface area contributed by atoms with Gasteiger partial charge in [-0.05, 0) is 35.1 Å². The first-order valence-corrected chi connectivity index (χ1v) is 9.30. The Labute approximate surface area is 160 Å². The Hall–Kier alpha value is -2.88. The molecule has 5 rings (SSSR count). The summed E-state index contributed by atoms with van der Waals surface area (Å²) < 4.78 is 57.2. The number of rotatable bonds is 2. The van der Waals surface area contributed by atoms with E-state index >= 15 is 0 Å². The second-order valence-electron chi connectivity index (χ2n) is 7.33. The van der Waals surface area contributed by atoms with E-state index in [1.165, 1.54) is 0 Å². The predicted molar refractivity (Wildman–Crippen MR) is 99.9 cm³/mol. The summed E-state index contributed by atoms with van der Waals surface area (Å²) in [5.41, 5.74) is 3.59. The maximum absolute atomic E-state index is 14.6. The first-order valence-electron chi connectivity index (χ1n) is 9.30. The lowest BCUT2D eigenvalue weighted by molar-refractivity contribution is 0.394. The number of halogens is 4. The van der Waals surface area contributed by atoms with Crippen LogP contribution in [-0.2, 0) is 0 Å². The van der Waals surface area contributed by atoms with Crippen molar-refractivity contribution < 1.29 is 17.6 Å². The molecule has 0 amide bonds. The average molecular weight is 380 g/mol. The van der Waals surface area contributed by atoms with E-state index in [4.69, 9.17) is 0 Å².